The lowest BCUT2D eigenvalue weighted by atomic mass is 10.2. The predicted octanol–water partition coefficient (Wildman–Crippen LogP) is 0.707. The van der Waals surface area contributed by atoms with Crippen molar-refractivity contribution in [2.45, 2.75) is 18.9 Å². The van der Waals surface area contributed by atoms with E-state index in [-0.39, 0.29) is 31.1 Å². The van der Waals surface area contributed by atoms with Crippen LogP contribution in [-0.2, 0) is 14.3 Å². The molecule has 0 saturated carbocycles. The third kappa shape index (κ3) is 3.33. The summed E-state index contributed by atoms with van der Waals surface area (Å²) in [6, 6.07) is 7.22. The van der Waals surface area contributed by atoms with Gasteiger partial charge in [0.25, 0.3) is 0 Å². The van der Waals surface area contributed by atoms with Crippen LogP contribution in [0, 0.1) is 0 Å². The van der Waals surface area contributed by atoms with E-state index in [1.54, 1.807) is 17.0 Å². The minimum atomic E-state index is -0.347. The van der Waals surface area contributed by atoms with Crippen LogP contribution in [-0.4, -0.2) is 44.2 Å². The first-order valence-electron chi connectivity index (χ1n) is 7.15. The van der Waals surface area contributed by atoms with E-state index in [9.17, 15) is 9.59 Å². The van der Waals surface area contributed by atoms with Crippen molar-refractivity contribution in [3.05, 3.63) is 24.3 Å². The maximum Gasteiger partial charge on any atom is 0.331 e. The Hall–Kier alpha value is -2.08. The monoisotopic (exact) mass is 290 g/mol. The Morgan fingerprint density at radius 3 is 3.05 bits per heavy atom. The Morgan fingerprint density at radius 1 is 1.38 bits per heavy atom. The average Bonchev–Trinajstić information content (AvgIpc) is 2.98. The molecule has 1 fully saturated rings. The summed E-state index contributed by atoms with van der Waals surface area (Å²) in [7, 11) is 0. The van der Waals surface area contributed by atoms with Gasteiger partial charge >= 0.3 is 5.97 Å². The van der Waals surface area contributed by atoms with Crippen LogP contribution in [0.1, 0.15) is 12.8 Å². The molecule has 1 aromatic carbocycles. The molecule has 0 radical (unpaired) electrons. The largest absolute Gasteiger partial charge is 0.423 e. The lowest BCUT2D eigenvalue weighted by molar-refractivity contribution is -0.133. The van der Waals surface area contributed by atoms with Gasteiger partial charge in [0.15, 0.2) is 5.75 Å². The van der Waals surface area contributed by atoms with Crippen LogP contribution in [0.4, 0.5) is 5.69 Å². The minimum Gasteiger partial charge on any atom is -0.423 e. The normalized spacial score (nSPS) is 20.9. The lowest BCUT2D eigenvalue weighted by Crippen LogP contribution is -2.44. The molecule has 0 spiro atoms. The molecule has 0 bridgehead atoms. The number of amides is 1. The van der Waals surface area contributed by atoms with Gasteiger partial charge in [-0.15, -0.1) is 0 Å². The van der Waals surface area contributed by atoms with E-state index < -0.39 is 0 Å². The molecule has 1 saturated heterocycles. The summed E-state index contributed by atoms with van der Waals surface area (Å²) in [5, 5.41) is 2.86. The summed E-state index contributed by atoms with van der Waals surface area (Å²) < 4.78 is 10.6. The Kier molecular flexibility index (Phi) is 4.06. The van der Waals surface area contributed by atoms with Gasteiger partial charge in [-0.2, -0.15) is 0 Å². The molecule has 6 heteroatoms. The van der Waals surface area contributed by atoms with Crippen molar-refractivity contribution in [3.8, 4) is 5.75 Å². The van der Waals surface area contributed by atoms with Gasteiger partial charge in [0.1, 0.15) is 6.54 Å². The summed E-state index contributed by atoms with van der Waals surface area (Å²) in [4.78, 5) is 25.3. The number of fused-ring (bicyclic) bond motifs is 1. The second kappa shape index (κ2) is 6.13. The van der Waals surface area contributed by atoms with Crippen molar-refractivity contribution in [2.75, 3.05) is 31.1 Å². The fourth-order valence-electron chi connectivity index (χ4n) is 2.60. The van der Waals surface area contributed by atoms with Crippen LogP contribution in [0.3, 0.4) is 0 Å². The highest BCUT2D eigenvalue weighted by molar-refractivity contribution is 5.89. The van der Waals surface area contributed by atoms with Crippen molar-refractivity contribution in [3.63, 3.8) is 0 Å². The van der Waals surface area contributed by atoms with E-state index >= 15 is 0 Å². The zero-order valence-corrected chi connectivity index (χ0v) is 11.7. The number of para-hydroxylation sites is 2. The third-order valence-electron chi connectivity index (χ3n) is 3.64. The zero-order valence-electron chi connectivity index (χ0n) is 11.7. The van der Waals surface area contributed by atoms with Gasteiger partial charge in [0, 0.05) is 13.2 Å². The molecule has 0 aromatic heterocycles. The number of anilines is 1. The fourth-order valence-corrected chi connectivity index (χ4v) is 2.60. The number of carbonyl (C=O) groups excluding carboxylic acids is 2. The number of nitrogens with zero attached hydrogens (tertiary/aromatic N) is 1. The molecule has 1 atom stereocenters. The molecular weight excluding hydrogens is 272 g/mol. The van der Waals surface area contributed by atoms with Crippen LogP contribution in [0.5, 0.6) is 5.75 Å². The summed E-state index contributed by atoms with van der Waals surface area (Å²) in [6.45, 7) is 1.52. The first-order chi connectivity index (χ1) is 10.2. The molecule has 1 aromatic rings. The molecule has 3 rings (SSSR count). The molecule has 2 aliphatic rings. The second-order valence-electron chi connectivity index (χ2n) is 5.24. The van der Waals surface area contributed by atoms with E-state index in [1.807, 2.05) is 12.1 Å². The summed E-state index contributed by atoms with van der Waals surface area (Å²) >= 11 is 0. The van der Waals surface area contributed by atoms with Gasteiger partial charge in [0.05, 0.1) is 18.3 Å². The summed E-state index contributed by atoms with van der Waals surface area (Å²) in [5.74, 6) is 0.0382. The third-order valence-corrected chi connectivity index (χ3v) is 3.64. The minimum absolute atomic E-state index is 0.0877. The van der Waals surface area contributed by atoms with E-state index in [4.69, 9.17) is 9.47 Å². The van der Waals surface area contributed by atoms with Gasteiger partial charge in [-0.3, -0.25) is 4.79 Å². The van der Waals surface area contributed by atoms with Crippen LogP contribution >= 0.6 is 0 Å². The molecule has 112 valence electrons. The van der Waals surface area contributed by atoms with Gasteiger partial charge in [-0.25, -0.2) is 4.79 Å². The molecule has 6 nitrogen and oxygen atoms in total. The Balaban J connectivity index is 1.59. The number of hydrogen-bond acceptors (Lipinski definition) is 5. The molecule has 2 heterocycles. The molecular formula is C15H18N2O4. The topological polar surface area (TPSA) is 67.9 Å². The van der Waals surface area contributed by atoms with Gasteiger partial charge in [-0.1, -0.05) is 12.1 Å². The molecule has 1 amide bonds. The average molecular weight is 290 g/mol. The summed E-state index contributed by atoms with van der Waals surface area (Å²) in [5.41, 5.74) is 0.768. The van der Waals surface area contributed by atoms with Crippen molar-refractivity contribution in [2.24, 2.45) is 0 Å². The molecule has 0 aliphatic carbocycles. The number of benzene rings is 1. The molecule has 1 unspecified atom stereocenters. The fraction of sp³-hybridized carbons (Fsp3) is 0.467. The quantitative estimate of drug-likeness (QED) is 0.653. The highest BCUT2D eigenvalue weighted by Gasteiger charge is 2.25. The highest BCUT2D eigenvalue weighted by atomic mass is 16.5. The molecule has 2 aliphatic heterocycles. The maximum absolute atomic E-state index is 12.0. The first-order valence-corrected chi connectivity index (χ1v) is 7.15. The number of hydrogen-bond donors (Lipinski definition) is 1. The molecule has 1 N–H and O–H groups in total. The van der Waals surface area contributed by atoms with Gasteiger partial charge in [-0.05, 0) is 25.0 Å². The van der Waals surface area contributed by atoms with Crippen molar-refractivity contribution < 1.29 is 19.1 Å². The predicted molar refractivity (Wildman–Crippen MR) is 76.3 cm³/mol. The SMILES string of the molecule is O=C(CN1CC(=O)Oc2ccccc21)NCC1CCCO1. The van der Waals surface area contributed by atoms with E-state index in [0.717, 1.165) is 25.1 Å². The van der Waals surface area contributed by atoms with Gasteiger partial charge in [0.2, 0.25) is 5.91 Å². The van der Waals surface area contributed by atoms with Crippen molar-refractivity contribution in [1.82, 2.24) is 5.32 Å². The number of ether oxygens (including phenoxy) is 2. The first kappa shape index (κ1) is 13.9. The lowest BCUT2D eigenvalue weighted by Gasteiger charge is -2.29. The Bertz CT molecular complexity index is 540. The number of carbonyl (C=O) groups is 2. The van der Waals surface area contributed by atoms with Crippen LogP contribution in [0.15, 0.2) is 24.3 Å². The van der Waals surface area contributed by atoms with Gasteiger partial charge < -0.3 is 19.7 Å². The van der Waals surface area contributed by atoms with E-state index in [0.29, 0.717) is 12.3 Å². The number of nitrogens with one attached hydrogen (secondary N) is 1. The summed E-state index contributed by atoms with van der Waals surface area (Å²) in [6.07, 6.45) is 2.15. The standard InChI is InChI=1S/C15H18N2O4/c18-14(16-8-11-4-3-7-20-11)9-17-10-15(19)21-13-6-2-1-5-12(13)17/h1-2,5-6,11H,3-4,7-10H2,(H,16,18). The molecule has 21 heavy (non-hydrogen) atoms. The zero-order chi connectivity index (χ0) is 14.7. The Labute approximate surface area is 123 Å². The van der Waals surface area contributed by atoms with E-state index in [1.165, 1.54) is 0 Å². The number of rotatable bonds is 4. The van der Waals surface area contributed by atoms with Crippen molar-refractivity contribution in [1.29, 1.82) is 0 Å². The van der Waals surface area contributed by atoms with E-state index in [2.05, 4.69) is 5.32 Å². The van der Waals surface area contributed by atoms with Crippen LogP contribution in [0.25, 0.3) is 0 Å². The Morgan fingerprint density at radius 2 is 2.24 bits per heavy atom. The smallest absolute Gasteiger partial charge is 0.331 e. The van der Waals surface area contributed by atoms with Crippen molar-refractivity contribution >= 4 is 17.6 Å². The van der Waals surface area contributed by atoms with Crippen LogP contribution < -0.4 is 15.0 Å². The van der Waals surface area contributed by atoms with Crippen LogP contribution in [0.2, 0.25) is 0 Å². The second-order valence-corrected chi connectivity index (χ2v) is 5.24. The maximum atomic E-state index is 12.0. The highest BCUT2D eigenvalue weighted by Crippen LogP contribution is 2.30. The number of esters is 1.